The van der Waals surface area contributed by atoms with E-state index < -0.39 is 5.60 Å². The summed E-state index contributed by atoms with van der Waals surface area (Å²) in [5.74, 6) is 1.04. The van der Waals surface area contributed by atoms with Crippen LogP contribution in [0.2, 0.25) is 0 Å². The van der Waals surface area contributed by atoms with Gasteiger partial charge in [0, 0.05) is 30.7 Å². The minimum Gasteiger partial charge on any atom is -0.481 e. The molecule has 3 rings (SSSR count). The van der Waals surface area contributed by atoms with Crippen molar-refractivity contribution in [3.63, 3.8) is 0 Å². The highest BCUT2D eigenvalue weighted by Crippen LogP contribution is 2.31. The molecule has 0 saturated carbocycles. The molecule has 1 aliphatic heterocycles. The number of piperidine rings is 1. The Morgan fingerprint density at radius 3 is 2.65 bits per heavy atom. The standard InChI is InChI=1S/C20H29N3O3/c1-4-20(25,5-2)12-14-6-8-23(9-7-14)19(24)17-10-15-13-21-18(26-3)11-16(15)22-17/h10-11,13-14,22,25H,4-9,12H2,1-3H3. The second-order valence-electron chi connectivity index (χ2n) is 7.37. The molecule has 3 heterocycles. The third kappa shape index (κ3) is 3.85. The number of methoxy groups -OCH3 is 1. The van der Waals surface area contributed by atoms with Gasteiger partial charge in [0.2, 0.25) is 5.88 Å². The van der Waals surface area contributed by atoms with E-state index >= 15 is 0 Å². The summed E-state index contributed by atoms with van der Waals surface area (Å²) in [6.07, 6.45) is 6.02. The summed E-state index contributed by atoms with van der Waals surface area (Å²) in [6.45, 7) is 5.57. The first-order valence-corrected chi connectivity index (χ1v) is 9.52. The SMILES string of the molecule is CCC(O)(CC)CC1CCN(C(=O)c2cc3cnc(OC)cc3[nH]2)CC1. The average molecular weight is 359 g/mol. The smallest absolute Gasteiger partial charge is 0.270 e. The van der Waals surface area contributed by atoms with E-state index in [0.717, 1.165) is 56.1 Å². The number of fused-ring (bicyclic) bond motifs is 1. The summed E-state index contributed by atoms with van der Waals surface area (Å²) < 4.78 is 5.13. The van der Waals surface area contributed by atoms with E-state index in [1.807, 2.05) is 24.8 Å². The molecular formula is C20H29N3O3. The van der Waals surface area contributed by atoms with E-state index in [1.54, 1.807) is 19.4 Å². The Balaban J connectivity index is 1.63. The van der Waals surface area contributed by atoms with Crippen molar-refractivity contribution in [1.82, 2.24) is 14.9 Å². The lowest BCUT2D eigenvalue weighted by Gasteiger charge is -2.36. The minimum absolute atomic E-state index is 0.0276. The maximum absolute atomic E-state index is 12.8. The number of aromatic nitrogens is 2. The molecular weight excluding hydrogens is 330 g/mol. The lowest BCUT2D eigenvalue weighted by Crippen LogP contribution is -2.41. The number of hydrogen-bond acceptors (Lipinski definition) is 4. The highest BCUT2D eigenvalue weighted by Gasteiger charge is 2.31. The van der Waals surface area contributed by atoms with Gasteiger partial charge in [-0.25, -0.2) is 4.98 Å². The Hall–Kier alpha value is -2.08. The second-order valence-corrected chi connectivity index (χ2v) is 7.37. The van der Waals surface area contributed by atoms with E-state index in [0.29, 0.717) is 17.5 Å². The number of aliphatic hydroxyl groups is 1. The number of hydrogen-bond donors (Lipinski definition) is 2. The van der Waals surface area contributed by atoms with Crippen LogP contribution in [-0.2, 0) is 0 Å². The van der Waals surface area contributed by atoms with Crippen molar-refractivity contribution in [2.24, 2.45) is 5.92 Å². The van der Waals surface area contributed by atoms with Crippen molar-refractivity contribution in [3.05, 3.63) is 24.0 Å². The van der Waals surface area contributed by atoms with Crippen molar-refractivity contribution in [3.8, 4) is 5.88 Å². The number of nitrogens with zero attached hydrogens (tertiary/aromatic N) is 2. The van der Waals surface area contributed by atoms with E-state index in [2.05, 4.69) is 9.97 Å². The normalized spacial score (nSPS) is 16.2. The molecule has 2 aromatic rings. The molecule has 142 valence electrons. The van der Waals surface area contributed by atoms with Crippen molar-refractivity contribution in [2.75, 3.05) is 20.2 Å². The second kappa shape index (κ2) is 7.66. The Morgan fingerprint density at radius 2 is 2.04 bits per heavy atom. The molecule has 0 aromatic carbocycles. The van der Waals surface area contributed by atoms with Gasteiger partial charge in [0.25, 0.3) is 5.91 Å². The number of carbonyl (C=O) groups excluding carboxylic acids is 1. The van der Waals surface area contributed by atoms with Crippen LogP contribution < -0.4 is 4.74 Å². The summed E-state index contributed by atoms with van der Waals surface area (Å²) in [7, 11) is 1.57. The van der Waals surface area contributed by atoms with Gasteiger partial charge in [-0.05, 0) is 44.1 Å². The lowest BCUT2D eigenvalue weighted by atomic mass is 9.82. The van der Waals surface area contributed by atoms with Gasteiger partial charge in [0.1, 0.15) is 5.69 Å². The van der Waals surface area contributed by atoms with Crippen LogP contribution in [0.25, 0.3) is 10.9 Å². The molecule has 0 radical (unpaired) electrons. The predicted octanol–water partition coefficient (Wildman–Crippen LogP) is 3.36. The molecule has 26 heavy (non-hydrogen) atoms. The number of nitrogens with one attached hydrogen (secondary N) is 1. The summed E-state index contributed by atoms with van der Waals surface area (Å²) in [5.41, 5.74) is 0.887. The summed E-state index contributed by atoms with van der Waals surface area (Å²) in [5, 5.41) is 11.5. The third-order valence-electron chi connectivity index (χ3n) is 5.81. The van der Waals surface area contributed by atoms with Crippen molar-refractivity contribution < 1.29 is 14.6 Å². The lowest BCUT2D eigenvalue weighted by molar-refractivity contribution is -0.00131. The van der Waals surface area contributed by atoms with Gasteiger partial charge in [-0.3, -0.25) is 4.79 Å². The highest BCUT2D eigenvalue weighted by atomic mass is 16.5. The van der Waals surface area contributed by atoms with Gasteiger partial charge in [-0.15, -0.1) is 0 Å². The van der Waals surface area contributed by atoms with E-state index in [4.69, 9.17) is 4.74 Å². The van der Waals surface area contributed by atoms with Crippen LogP contribution in [-0.4, -0.2) is 51.7 Å². The number of carbonyl (C=O) groups is 1. The zero-order valence-electron chi connectivity index (χ0n) is 15.9. The first-order chi connectivity index (χ1) is 12.5. The van der Waals surface area contributed by atoms with Crippen LogP contribution >= 0.6 is 0 Å². The largest absolute Gasteiger partial charge is 0.481 e. The molecule has 0 aliphatic carbocycles. The summed E-state index contributed by atoms with van der Waals surface area (Å²) >= 11 is 0. The van der Waals surface area contributed by atoms with E-state index in [1.165, 1.54) is 0 Å². The van der Waals surface area contributed by atoms with E-state index in [9.17, 15) is 9.90 Å². The van der Waals surface area contributed by atoms with Gasteiger partial charge in [0.15, 0.2) is 0 Å². The molecule has 0 unspecified atom stereocenters. The molecule has 2 N–H and O–H groups in total. The Labute approximate surface area is 154 Å². The van der Waals surface area contributed by atoms with Gasteiger partial charge < -0.3 is 19.7 Å². The number of H-pyrrole nitrogens is 1. The van der Waals surface area contributed by atoms with Crippen LogP contribution in [0.3, 0.4) is 0 Å². The van der Waals surface area contributed by atoms with Crippen LogP contribution in [0, 0.1) is 5.92 Å². The molecule has 0 atom stereocenters. The Morgan fingerprint density at radius 1 is 1.35 bits per heavy atom. The fourth-order valence-corrected chi connectivity index (χ4v) is 3.82. The highest BCUT2D eigenvalue weighted by molar-refractivity contribution is 5.98. The molecule has 0 spiro atoms. The van der Waals surface area contributed by atoms with Gasteiger partial charge in [0.05, 0.1) is 18.2 Å². The van der Waals surface area contributed by atoms with Crippen LogP contribution in [0.4, 0.5) is 0 Å². The Kier molecular flexibility index (Phi) is 5.51. The molecule has 1 amide bonds. The molecule has 6 heteroatoms. The predicted molar refractivity (Wildman–Crippen MR) is 101 cm³/mol. The fraction of sp³-hybridized carbons (Fsp3) is 0.600. The molecule has 6 nitrogen and oxygen atoms in total. The van der Waals surface area contributed by atoms with Gasteiger partial charge >= 0.3 is 0 Å². The third-order valence-corrected chi connectivity index (χ3v) is 5.81. The van der Waals surface area contributed by atoms with Crippen LogP contribution in [0.5, 0.6) is 5.88 Å². The van der Waals surface area contributed by atoms with Crippen molar-refractivity contribution in [2.45, 2.75) is 51.6 Å². The summed E-state index contributed by atoms with van der Waals surface area (Å²) in [6, 6.07) is 3.65. The minimum atomic E-state index is -0.555. The average Bonchev–Trinajstić information content (AvgIpc) is 3.11. The zero-order chi connectivity index (χ0) is 18.7. The topological polar surface area (TPSA) is 78.4 Å². The maximum Gasteiger partial charge on any atom is 0.270 e. The first kappa shape index (κ1) is 18.7. The number of ether oxygens (including phenoxy) is 1. The number of amides is 1. The van der Waals surface area contributed by atoms with Gasteiger partial charge in [-0.1, -0.05) is 13.8 Å². The fourth-order valence-electron chi connectivity index (χ4n) is 3.82. The zero-order valence-corrected chi connectivity index (χ0v) is 15.9. The molecule has 1 aliphatic rings. The number of pyridine rings is 1. The molecule has 1 saturated heterocycles. The molecule has 1 fully saturated rings. The van der Waals surface area contributed by atoms with Crippen molar-refractivity contribution >= 4 is 16.8 Å². The maximum atomic E-state index is 12.8. The monoisotopic (exact) mass is 359 g/mol. The number of aromatic amines is 1. The van der Waals surface area contributed by atoms with E-state index in [-0.39, 0.29) is 5.91 Å². The number of rotatable bonds is 6. The van der Waals surface area contributed by atoms with Crippen LogP contribution in [0.15, 0.2) is 18.3 Å². The van der Waals surface area contributed by atoms with Crippen molar-refractivity contribution in [1.29, 1.82) is 0 Å². The molecule has 0 bridgehead atoms. The number of likely N-dealkylation sites (tertiary alicyclic amines) is 1. The summed E-state index contributed by atoms with van der Waals surface area (Å²) in [4.78, 5) is 22.1. The van der Waals surface area contributed by atoms with Crippen LogP contribution in [0.1, 0.15) is 56.4 Å². The quantitative estimate of drug-likeness (QED) is 0.829. The molecule has 2 aromatic heterocycles. The first-order valence-electron chi connectivity index (χ1n) is 9.52. The van der Waals surface area contributed by atoms with Gasteiger partial charge in [-0.2, -0.15) is 0 Å². The Bertz CT molecular complexity index is 759.